The predicted octanol–water partition coefficient (Wildman–Crippen LogP) is 0.967. The monoisotopic (exact) mass is 373 g/mol. The van der Waals surface area contributed by atoms with Crippen LogP contribution in [0.25, 0.3) is 11.2 Å². The lowest BCUT2D eigenvalue weighted by Crippen LogP contribution is -2.18. The minimum absolute atomic E-state index is 0.00279. The zero-order chi connectivity index (χ0) is 18.4. The van der Waals surface area contributed by atoms with Gasteiger partial charge in [-0.25, -0.2) is 4.98 Å². The van der Waals surface area contributed by atoms with Gasteiger partial charge in [-0.1, -0.05) is 0 Å². The summed E-state index contributed by atoms with van der Waals surface area (Å²) >= 11 is 0. The molecular weight excluding hydrogens is 349 g/mol. The molecule has 4 N–H and O–H groups in total. The highest BCUT2D eigenvalue weighted by atomic mass is 31.2. The number of aliphatic hydroxyl groups excluding tert-OH is 1. The Labute approximate surface area is 144 Å². The van der Waals surface area contributed by atoms with Crippen LogP contribution in [-0.4, -0.2) is 50.6 Å². The van der Waals surface area contributed by atoms with Crippen LogP contribution in [-0.2, 0) is 20.2 Å². The fourth-order valence-electron chi connectivity index (χ4n) is 2.52. The lowest BCUT2D eigenvalue weighted by molar-refractivity contribution is 0.196. The van der Waals surface area contributed by atoms with E-state index in [1.54, 1.807) is 18.4 Å². The first kappa shape index (κ1) is 19.6. The van der Waals surface area contributed by atoms with E-state index in [4.69, 9.17) is 14.8 Å². The van der Waals surface area contributed by atoms with Gasteiger partial charge in [0.25, 0.3) is 5.56 Å². The van der Waals surface area contributed by atoms with E-state index in [-0.39, 0.29) is 30.2 Å². The maximum absolute atomic E-state index is 12.5. The minimum atomic E-state index is -3.17. The summed E-state index contributed by atoms with van der Waals surface area (Å²) in [4.78, 5) is 22.3. The number of H-pyrrole nitrogens is 1. The normalized spacial score (nSPS) is 13.4. The van der Waals surface area contributed by atoms with Gasteiger partial charge in [0.2, 0.25) is 5.95 Å². The second-order valence-electron chi connectivity index (χ2n) is 5.53. The number of nitrogens with one attached hydrogen (secondary N) is 1. The van der Waals surface area contributed by atoms with Crippen LogP contribution in [0.3, 0.4) is 0 Å². The van der Waals surface area contributed by atoms with E-state index < -0.39 is 13.2 Å². The summed E-state index contributed by atoms with van der Waals surface area (Å²) in [6.45, 7) is 4.30. The van der Waals surface area contributed by atoms with Gasteiger partial charge in [-0.15, -0.1) is 0 Å². The Kier molecular flexibility index (Phi) is 6.71. The van der Waals surface area contributed by atoms with E-state index in [1.807, 2.05) is 0 Å². The van der Waals surface area contributed by atoms with Crippen LogP contribution < -0.4 is 11.3 Å². The quantitative estimate of drug-likeness (QED) is 0.522. The zero-order valence-electron chi connectivity index (χ0n) is 14.3. The smallest absolute Gasteiger partial charge is 0.330 e. The SMILES string of the molecule is CCOP(=O)(CCC(CO)Cn1cnc2c(=O)[nH]c(N)nc21)OCC. The Balaban J connectivity index is 2.12. The average Bonchev–Trinajstić information content (AvgIpc) is 2.95. The summed E-state index contributed by atoms with van der Waals surface area (Å²) in [6, 6.07) is 0. The first-order valence-electron chi connectivity index (χ1n) is 8.12. The molecule has 0 aliphatic carbocycles. The molecule has 0 bridgehead atoms. The van der Waals surface area contributed by atoms with Crippen LogP contribution in [0.1, 0.15) is 20.3 Å². The fraction of sp³-hybridized carbons (Fsp3) is 0.643. The van der Waals surface area contributed by atoms with Crippen molar-refractivity contribution in [3.8, 4) is 0 Å². The molecular formula is C14H24N5O5P. The van der Waals surface area contributed by atoms with Crippen LogP contribution in [0.15, 0.2) is 11.1 Å². The van der Waals surface area contributed by atoms with Gasteiger partial charge in [0, 0.05) is 19.1 Å². The molecule has 140 valence electrons. The molecule has 0 saturated heterocycles. The minimum Gasteiger partial charge on any atom is -0.396 e. The van der Waals surface area contributed by atoms with Gasteiger partial charge in [0.05, 0.1) is 25.7 Å². The topological polar surface area (TPSA) is 145 Å². The summed E-state index contributed by atoms with van der Waals surface area (Å²) in [6.07, 6.45) is 2.09. The third kappa shape index (κ3) is 4.88. The molecule has 10 nitrogen and oxygen atoms in total. The van der Waals surface area contributed by atoms with Crippen LogP contribution >= 0.6 is 7.60 Å². The van der Waals surface area contributed by atoms with Crippen molar-refractivity contribution in [2.75, 3.05) is 31.7 Å². The molecule has 11 heteroatoms. The molecule has 0 amide bonds. The lowest BCUT2D eigenvalue weighted by atomic mass is 10.1. The molecule has 2 rings (SSSR count). The summed E-state index contributed by atoms with van der Waals surface area (Å²) in [5, 5.41) is 9.64. The Morgan fingerprint density at radius 1 is 1.40 bits per heavy atom. The van der Waals surface area contributed by atoms with Crippen molar-refractivity contribution in [1.82, 2.24) is 19.5 Å². The number of hydrogen-bond donors (Lipinski definition) is 3. The number of anilines is 1. The van der Waals surface area contributed by atoms with Crippen molar-refractivity contribution in [2.45, 2.75) is 26.8 Å². The molecule has 25 heavy (non-hydrogen) atoms. The van der Waals surface area contributed by atoms with Gasteiger partial charge >= 0.3 is 7.60 Å². The molecule has 0 aliphatic rings. The van der Waals surface area contributed by atoms with Crippen LogP contribution in [0.5, 0.6) is 0 Å². The molecule has 0 aromatic carbocycles. The number of nitrogens with zero attached hydrogens (tertiary/aromatic N) is 3. The van der Waals surface area contributed by atoms with E-state index in [2.05, 4.69) is 15.0 Å². The largest absolute Gasteiger partial charge is 0.396 e. The third-order valence-electron chi connectivity index (χ3n) is 3.67. The molecule has 0 spiro atoms. The molecule has 1 unspecified atom stereocenters. The van der Waals surface area contributed by atoms with Gasteiger partial charge in [0.15, 0.2) is 11.2 Å². The van der Waals surface area contributed by atoms with Crippen molar-refractivity contribution in [3.63, 3.8) is 0 Å². The molecule has 2 aromatic heterocycles. The van der Waals surface area contributed by atoms with E-state index in [9.17, 15) is 14.5 Å². The predicted molar refractivity (Wildman–Crippen MR) is 93.5 cm³/mol. The summed E-state index contributed by atoms with van der Waals surface area (Å²) < 4.78 is 24.7. The molecule has 2 heterocycles. The van der Waals surface area contributed by atoms with Crippen molar-refractivity contribution < 1.29 is 18.7 Å². The van der Waals surface area contributed by atoms with Crippen LogP contribution in [0.4, 0.5) is 5.95 Å². The molecule has 1 atom stereocenters. The summed E-state index contributed by atoms with van der Waals surface area (Å²) in [5.74, 6) is -0.231. The summed E-state index contributed by atoms with van der Waals surface area (Å²) in [7, 11) is -3.17. The summed E-state index contributed by atoms with van der Waals surface area (Å²) in [5.41, 5.74) is 5.68. The van der Waals surface area contributed by atoms with E-state index in [0.717, 1.165) is 0 Å². The Morgan fingerprint density at radius 2 is 2.08 bits per heavy atom. The standard InChI is InChI=1S/C14H24N5O5P/c1-3-23-25(22,24-4-2)6-5-10(8-20)7-19-9-16-11-12(19)17-14(15)18-13(11)21/h9-10,20H,3-8H2,1-2H3,(H3,15,17,18,21). The second kappa shape index (κ2) is 8.57. The van der Waals surface area contributed by atoms with Crippen molar-refractivity contribution >= 4 is 24.7 Å². The van der Waals surface area contributed by atoms with E-state index >= 15 is 0 Å². The van der Waals surface area contributed by atoms with Gasteiger partial charge in [-0.2, -0.15) is 4.98 Å². The Hall–Kier alpha value is -1.74. The van der Waals surface area contributed by atoms with Crippen LogP contribution in [0.2, 0.25) is 0 Å². The number of nitrogens with two attached hydrogens (primary N) is 1. The highest BCUT2D eigenvalue weighted by Crippen LogP contribution is 2.49. The average molecular weight is 373 g/mol. The van der Waals surface area contributed by atoms with Crippen molar-refractivity contribution in [1.29, 1.82) is 0 Å². The van der Waals surface area contributed by atoms with Gasteiger partial charge in [0.1, 0.15) is 0 Å². The van der Waals surface area contributed by atoms with Gasteiger partial charge in [-0.3, -0.25) is 14.3 Å². The first-order chi connectivity index (χ1) is 11.9. The van der Waals surface area contributed by atoms with E-state index in [1.165, 1.54) is 6.33 Å². The Bertz CT molecular complexity index is 794. The number of nitrogen functional groups attached to an aromatic ring is 1. The number of aliphatic hydroxyl groups is 1. The maximum Gasteiger partial charge on any atom is 0.330 e. The second-order valence-corrected chi connectivity index (χ2v) is 7.71. The molecule has 0 saturated carbocycles. The molecule has 0 radical (unpaired) electrons. The zero-order valence-corrected chi connectivity index (χ0v) is 15.2. The molecule has 0 fully saturated rings. The number of hydrogen-bond acceptors (Lipinski definition) is 8. The number of rotatable bonds is 10. The highest BCUT2D eigenvalue weighted by Gasteiger charge is 2.25. The van der Waals surface area contributed by atoms with Gasteiger partial charge in [-0.05, 0) is 20.3 Å². The highest BCUT2D eigenvalue weighted by molar-refractivity contribution is 7.53. The maximum atomic E-state index is 12.5. The fourth-order valence-corrected chi connectivity index (χ4v) is 4.32. The molecule has 0 aliphatic heterocycles. The number of aromatic nitrogens is 4. The van der Waals surface area contributed by atoms with Gasteiger partial charge < -0.3 is 24.5 Å². The lowest BCUT2D eigenvalue weighted by Gasteiger charge is -2.20. The molecule has 2 aromatic rings. The Morgan fingerprint density at radius 3 is 2.68 bits per heavy atom. The van der Waals surface area contributed by atoms with Crippen molar-refractivity contribution in [2.24, 2.45) is 5.92 Å². The van der Waals surface area contributed by atoms with E-state index in [0.29, 0.717) is 31.8 Å². The third-order valence-corrected chi connectivity index (χ3v) is 5.78. The number of aromatic amines is 1. The van der Waals surface area contributed by atoms with Crippen molar-refractivity contribution in [3.05, 3.63) is 16.7 Å². The number of imidazole rings is 1. The first-order valence-corrected chi connectivity index (χ1v) is 9.84. The number of fused-ring (bicyclic) bond motifs is 1. The van der Waals surface area contributed by atoms with Crippen LogP contribution in [0, 0.1) is 5.92 Å².